The number of nitrogens with zero attached hydrogens (tertiary/aromatic N) is 2. The normalized spacial score (nSPS) is 19.2. The molecular weight excluding hydrogens is 564 g/mol. The number of carboxylic acids is 1. The molecule has 8 heteroatoms. The molecule has 3 aromatic rings. The molecule has 8 nitrogen and oxygen atoms in total. The summed E-state index contributed by atoms with van der Waals surface area (Å²) in [6.45, 7) is 15.8. The zero-order valence-electron chi connectivity index (χ0n) is 27.0. The molecule has 3 aliphatic rings. The van der Waals surface area contributed by atoms with Crippen LogP contribution in [0.1, 0.15) is 85.6 Å². The molecule has 8 bridgehead atoms. The number of rotatable bonds is 7. The van der Waals surface area contributed by atoms with Crippen LogP contribution in [0.5, 0.6) is 0 Å². The first kappa shape index (κ1) is 30.3. The summed E-state index contributed by atoms with van der Waals surface area (Å²) in [5, 5.41) is 9.57. The molecule has 0 saturated carbocycles. The number of aryl methyl sites for hydroxylation is 4. The largest absolute Gasteiger partial charge is 0.481 e. The first-order valence-corrected chi connectivity index (χ1v) is 15.5. The van der Waals surface area contributed by atoms with Crippen molar-refractivity contribution in [2.45, 2.75) is 73.1 Å². The number of carboxylic acid groups (broad SMARTS) is 1. The number of carbonyl (C=O) groups excluding carboxylic acids is 1. The second kappa shape index (κ2) is 11.3. The van der Waals surface area contributed by atoms with E-state index in [-0.39, 0.29) is 24.4 Å². The fourth-order valence-corrected chi connectivity index (χ4v) is 7.02. The number of ether oxygens (including phenoxy) is 1. The third-order valence-corrected chi connectivity index (χ3v) is 10.4. The molecule has 0 amide bonds. The van der Waals surface area contributed by atoms with Gasteiger partial charge in [-0.05, 0) is 117 Å². The predicted octanol–water partition coefficient (Wildman–Crippen LogP) is 7.69. The minimum absolute atomic E-state index is 0.0116. The summed E-state index contributed by atoms with van der Waals surface area (Å²) in [5.41, 5.74) is 15.6. The minimum atomic E-state index is -0.846. The molecule has 232 valence electrons. The van der Waals surface area contributed by atoms with E-state index in [1.54, 1.807) is 0 Å². The van der Waals surface area contributed by atoms with E-state index >= 15 is 0 Å². The van der Waals surface area contributed by atoms with Crippen molar-refractivity contribution in [1.29, 1.82) is 0 Å². The van der Waals surface area contributed by atoms with Crippen LogP contribution in [-0.2, 0) is 26.2 Å². The Hall–Kier alpha value is -4.72. The molecule has 0 spiro atoms. The van der Waals surface area contributed by atoms with Gasteiger partial charge in [-0.15, -0.1) is 0 Å². The molecule has 45 heavy (non-hydrogen) atoms. The van der Waals surface area contributed by atoms with Gasteiger partial charge in [0.2, 0.25) is 0 Å². The SMILES string of the molecule is CC1=CC=C2c3cc4[nH]c(cc5nc(cc6[nH]c(cc(n3)C2(C)C1C)c(C)c6C)C(C)=C5CCOC=O)c(CCC(=O)O)c4C. The lowest BCUT2D eigenvalue weighted by molar-refractivity contribution is -0.137. The minimum Gasteiger partial charge on any atom is -0.481 e. The Kier molecular flexibility index (Phi) is 7.63. The van der Waals surface area contributed by atoms with Gasteiger partial charge in [-0.3, -0.25) is 14.6 Å². The summed E-state index contributed by atoms with van der Waals surface area (Å²) in [4.78, 5) is 40.2. The highest BCUT2D eigenvalue weighted by atomic mass is 16.5. The molecule has 0 aromatic carbocycles. The fraction of sp³-hybridized carbons (Fsp3) is 0.351. The Labute approximate surface area is 263 Å². The van der Waals surface area contributed by atoms with Gasteiger partial charge < -0.3 is 19.8 Å². The van der Waals surface area contributed by atoms with Crippen molar-refractivity contribution in [2.75, 3.05) is 6.61 Å². The summed E-state index contributed by atoms with van der Waals surface area (Å²) in [6.07, 6.45) is 5.30. The van der Waals surface area contributed by atoms with Gasteiger partial charge in [-0.2, -0.15) is 0 Å². The van der Waals surface area contributed by atoms with E-state index < -0.39 is 5.97 Å². The van der Waals surface area contributed by atoms with Crippen molar-refractivity contribution in [2.24, 2.45) is 5.92 Å². The van der Waals surface area contributed by atoms with Crippen LogP contribution in [0.2, 0.25) is 0 Å². The second-order valence-electron chi connectivity index (χ2n) is 12.7. The lowest BCUT2D eigenvalue weighted by Crippen LogP contribution is -2.31. The van der Waals surface area contributed by atoms with Crippen LogP contribution in [0, 0.1) is 26.7 Å². The molecule has 2 atom stereocenters. The topological polar surface area (TPSA) is 121 Å². The Bertz CT molecular complexity index is 2020. The fourth-order valence-electron chi connectivity index (χ4n) is 7.02. The number of H-pyrrole nitrogens is 2. The Morgan fingerprint density at radius 3 is 2.24 bits per heavy atom. The van der Waals surface area contributed by atoms with Crippen LogP contribution in [-0.4, -0.2) is 44.1 Å². The van der Waals surface area contributed by atoms with E-state index in [2.05, 4.69) is 74.9 Å². The van der Waals surface area contributed by atoms with Gasteiger partial charge in [0.25, 0.3) is 6.47 Å². The molecule has 5 heterocycles. The smallest absolute Gasteiger partial charge is 0.303 e. The summed E-state index contributed by atoms with van der Waals surface area (Å²) in [7, 11) is 0. The zero-order valence-corrected chi connectivity index (χ0v) is 27.0. The standard InChI is InChI=1S/C37H40N4O4/c1-19-8-10-27-34-15-30-22(4)25(9-11-36(43)44)32(40-30)16-33-26(12-13-45-18-42)23(5)29(39-33)14-28-20(2)21(3)31(38-28)17-35(41-34)37(27,7)24(19)6/h8,10,14-18,24,38,40H,9,11-13H2,1-7H3,(H,43,44). The van der Waals surface area contributed by atoms with Crippen molar-refractivity contribution in [3.8, 4) is 0 Å². The number of fused-ring (bicyclic) bond motifs is 11. The molecule has 3 aromatic heterocycles. The van der Waals surface area contributed by atoms with Gasteiger partial charge in [0.05, 0.1) is 29.4 Å². The summed E-state index contributed by atoms with van der Waals surface area (Å²) < 4.78 is 5.08. The molecule has 0 saturated heterocycles. The van der Waals surface area contributed by atoms with Crippen molar-refractivity contribution in [1.82, 2.24) is 19.9 Å². The Balaban J connectivity index is 1.74. The molecule has 0 radical (unpaired) electrons. The maximum atomic E-state index is 11.7. The first-order valence-electron chi connectivity index (χ1n) is 15.5. The Morgan fingerprint density at radius 2 is 1.53 bits per heavy atom. The number of allylic oxidation sites excluding steroid dienone is 5. The quantitative estimate of drug-likeness (QED) is 0.188. The lowest BCUT2D eigenvalue weighted by atomic mass is 9.65. The number of hydrogen-bond acceptors (Lipinski definition) is 5. The van der Waals surface area contributed by atoms with Gasteiger partial charge >= 0.3 is 5.97 Å². The Morgan fingerprint density at radius 1 is 0.889 bits per heavy atom. The van der Waals surface area contributed by atoms with Gasteiger partial charge in [0, 0.05) is 40.3 Å². The van der Waals surface area contributed by atoms with Gasteiger partial charge in [0.1, 0.15) is 0 Å². The molecule has 2 unspecified atom stereocenters. The van der Waals surface area contributed by atoms with Gasteiger partial charge in [-0.25, -0.2) is 4.98 Å². The van der Waals surface area contributed by atoms with E-state index in [0.717, 1.165) is 72.7 Å². The van der Waals surface area contributed by atoms with Crippen molar-refractivity contribution in [3.05, 3.63) is 87.0 Å². The van der Waals surface area contributed by atoms with Crippen molar-refractivity contribution < 1.29 is 19.4 Å². The summed E-state index contributed by atoms with van der Waals surface area (Å²) >= 11 is 0. The van der Waals surface area contributed by atoms with Crippen molar-refractivity contribution >= 4 is 51.2 Å². The van der Waals surface area contributed by atoms with Crippen LogP contribution in [0.25, 0.3) is 38.8 Å². The molecule has 3 N–H and O–H groups in total. The highest BCUT2D eigenvalue weighted by molar-refractivity contribution is 5.93. The number of aromatic nitrogens is 4. The molecule has 2 aliphatic heterocycles. The molecule has 1 aliphatic carbocycles. The average Bonchev–Trinajstić information content (AvgIpc) is 3.64. The maximum absolute atomic E-state index is 11.7. The lowest BCUT2D eigenvalue weighted by Gasteiger charge is -2.36. The van der Waals surface area contributed by atoms with Crippen LogP contribution >= 0.6 is 0 Å². The molecular formula is C37H40N4O4. The summed E-state index contributed by atoms with van der Waals surface area (Å²) in [6, 6.07) is 8.40. The van der Waals surface area contributed by atoms with Gasteiger partial charge in [0.15, 0.2) is 0 Å². The van der Waals surface area contributed by atoms with Crippen LogP contribution < -0.4 is 0 Å². The van der Waals surface area contributed by atoms with E-state index in [1.165, 1.54) is 16.7 Å². The molecule has 6 rings (SSSR count). The number of nitrogens with one attached hydrogen (secondary N) is 2. The summed E-state index contributed by atoms with van der Waals surface area (Å²) in [5.74, 6) is -0.597. The van der Waals surface area contributed by atoms with Crippen LogP contribution in [0.15, 0.2) is 42.0 Å². The van der Waals surface area contributed by atoms with Crippen molar-refractivity contribution in [3.63, 3.8) is 0 Å². The number of aliphatic carboxylic acids is 1. The number of aromatic amines is 2. The maximum Gasteiger partial charge on any atom is 0.303 e. The van der Waals surface area contributed by atoms with Gasteiger partial charge in [-0.1, -0.05) is 24.6 Å². The van der Waals surface area contributed by atoms with E-state index in [9.17, 15) is 14.7 Å². The van der Waals surface area contributed by atoms with E-state index in [0.29, 0.717) is 19.3 Å². The zero-order chi connectivity index (χ0) is 32.2. The van der Waals surface area contributed by atoms with Crippen LogP contribution in [0.4, 0.5) is 0 Å². The van der Waals surface area contributed by atoms with E-state index in [4.69, 9.17) is 14.7 Å². The van der Waals surface area contributed by atoms with E-state index in [1.807, 2.05) is 19.9 Å². The highest BCUT2D eigenvalue weighted by Crippen LogP contribution is 2.51. The number of hydrogen-bond donors (Lipinski definition) is 3. The second-order valence-corrected chi connectivity index (χ2v) is 12.7. The number of carbonyl (C=O) groups is 2. The van der Waals surface area contributed by atoms with Crippen LogP contribution in [0.3, 0.4) is 0 Å². The third-order valence-electron chi connectivity index (χ3n) is 10.4. The molecule has 0 fully saturated rings. The predicted molar refractivity (Wildman–Crippen MR) is 179 cm³/mol. The first-order chi connectivity index (χ1) is 21.4. The average molecular weight is 605 g/mol. The monoisotopic (exact) mass is 604 g/mol. The highest BCUT2D eigenvalue weighted by Gasteiger charge is 2.45. The third kappa shape index (κ3) is 5.02.